The Labute approximate surface area is 119 Å². The van der Waals surface area contributed by atoms with Crippen molar-refractivity contribution in [2.45, 2.75) is 31.6 Å². The van der Waals surface area contributed by atoms with Crippen LogP contribution in [0.5, 0.6) is 0 Å². The molecule has 2 aromatic rings. The van der Waals surface area contributed by atoms with Crippen LogP contribution >= 0.6 is 0 Å². The maximum atomic E-state index is 12.1. The van der Waals surface area contributed by atoms with E-state index >= 15 is 0 Å². The molecule has 1 aromatic heterocycles. The van der Waals surface area contributed by atoms with Crippen molar-refractivity contribution in [1.82, 2.24) is 9.78 Å². The number of carbonyl (C=O) groups is 1. The quantitative estimate of drug-likeness (QED) is 0.857. The van der Waals surface area contributed by atoms with E-state index in [1.165, 1.54) is 5.56 Å². The van der Waals surface area contributed by atoms with E-state index in [9.17, 15) is 4.79 Å². The Morgan fingerprint density at radius 2 is 2.05 bits per heavy atom. The highest BCUT2D eigenvalue weighted by Crippen LogP contribution is 2.35. The number of hydrogen-bond donors (Lipinski definition) is 0. The minimum atomic E-state index is 0.129. The normalized spacial score (nSPS) is 22.9. The molecule has 104 valence electrons. The number of benzene rings is 1. The van der Waals surface area contributed by atoms with Gasteiger partial charge in [-0.25, -0.2) is 0 Å². The summed E-state index contributed by atoms with van der Waals surface area (Å²) in [6.45, 7) is 0. The van der Waals surface area contributed by atoms with Crippen molar-refractivity contribution in [2.24, 2.45) is 13.0 Å². The van der Waals surface area contributed by atoms with E-state index < -0.39 is 0 Å². The molecule has 1 aliphatic carbocycles. The van der Waals surface area contributed by atoms with Gasteiger partial charge in [0.05, 0.1) is 5.69 Å². The first-order valence-electron chi connectivity index (χ1n) is 7.28. The zero-order valence-corrected chi connectivity index (χ0v) is 11.8. The lowest BCUT2D eigenvalue weighted by Gasteiger charge is -2.28. The first-order valence-corrected chi connectivity index (χ1v) is 7.28. The molecular formula is C17H20N2O. The van der Waals surface area contributed by atoms with E-state index in [4.69, 9.17) is 0 Å². The van der Waals surface area contributed by atoms with Gasteiger partial charge in [-0.3, -0.25) is 9.48 Å². The van der Waals surface area contributed by atoms with E-state index in [2.05, 4.69) is 29.4 Å². The first kappa shape index (κ1) is 13.1. The fourth-order valence-electron chi connectivity index (χ4n) is 3.16. The van der Waals surface area contributed by atoms with Gasteiger partial charge in [0, 0.05) is 32.0 Å². The van der Waals surface area contributed by atoms with Crippen LogP contribution in [0.4, 0.5) is 0 Å². The number of carbonyl (C=O) groups excluding carboxylic acids is 1. The monoisotopic (exact) mass is 268 g/mol. The third-order valence-electron chi connectivity index (χ3n) is 4.26. The standard InChI is InChI=1S/C17H20N2O/c1-19-10-9-16(18-19)12-15-11-14(7-8-17(15)20)13-5-3-2-4-6-13/h2-6,9-10,14-15H,7-8,11-12H2,1H3. The SMILES string of the molecule is Cn1ccc(CC2CC(c3ccccc3)CCC2=O)n1. The van der Waals surface area contributed by atoms with Gasteiger partial charge in [0.1, 0.15) is 5.78 Å². The summed E-state index contributed by atoms with van der Waals surface area (Å²) < 4.78 is 1.80. The summed E-state index contributed by atoms with van der Waals surface area (Å²) in [5.74, 6) is 1.05. The average molecular weight is 268 g/mol. The smallest absolute Gasteiger partial charge is 0.136 e. The molecule has 20 heavy (non-hydrogen) atoms. The Balaban J connectivity index is 1.72. The first-order chi connectivity index (χ1) is 9.72. The van der Waals surface area contributed by atoms with Crippen LogP contribution < -0.4 is 0 Å². The predicted molar refractivity (Wildman–Crippen MR) is 78.4 cm³/mol. The molecule has 0 radical (unpaired) electrons. The number of aromatic nitrogens is 2. The lowest BCUT2D eigenvalue weighted by Crippen LogP contribution is -2.25. The zero-order valence-electron chi connectivity index (χ0n) is 11.8. The molecule has 0 N–H and O–H groups in total. The van der Waals surface area contributed by atoms with Crippen molar-refractivity contribution in [3.05, 3.63) is 53.9 Å². The van der Waals surface area contributed by atoms with Crippen LogP contribution in [0.1, 0.15) is 36.4 Å². The van der Waals surface area contributed by atoms with Crippen molar-refractivity contribution in [2.75, 3.05) is 0 Å². The molecule has 0 bridgehead atoms. The Kier molecular flexibility index (Phi) is 3.68. The van der Waals surface area contributed by atoms with E-state index in [-0.39, 0.29) is 5.92 Å². The van der Waals surface area contributed by atoms with Gasteiger partial charge < -0.3 is 0 Å². The summed E-state index contributed by atoms with van der Waals surface area (Å²) >= 11 is 0. The topological polar surface area (TPSA) is 34.9 Å². The number of rotatable bonds is 3. The summed E-state index contributed by atoms with van der Waals surface area (Å²) in [5, 5.41) is 4.40. The summed E-state index contributed by atoms with van der Waals surface area (Å²) in [6, 6.07) is 12.6. The molecule has 0 aliphatic heterocycles. The van der Waals surface area contributed by atoms with Crippen LogP contribution in [-0.4, -0.2) is 15.6 Å². The fraction of sp³-hybridized carbons (Fsp3) is 0.412. The van der Waals surface area contributed by atoms with Gasteiger partial charge in [-0.15, -0.1) is 0 Å². The van der Waals surface area contributed by atoms with Crippen molar-refractivity contribution >= 4 is 5.78 Å². The summed E-state index contributed by atoms with van der Waals surface area (Å²) in [7, 11) is 1.92. The van der Waals surface area contributed by atoms with Crippen LogP contribution in [0.25, 0.3) is 0 Å². The molecule has 2 atom stereocenters. The molecule has 3 nitrogen and oxygen atoms in total. The van der Waals surface area contributed by atoms with Gasteiger partial charge in [-0.05, 0) is 30.4 Å². The molecular weight excluding hydrogens is 248 g/mol. The van der Waals surface area contributed by atoms with E-state index in [0.29, 0.717) is 18.1 Å². The van der Waals surface area contributed by atoms with Gasteiger partial charge >= 0.3 is 0 Å². The van der Waals surface area contributed by atoms with Crippen LogP contribution in [-0.2, 0) is 18.3 Å². The number of nitrogens with zero attached hydrogens (tertiary/aromatic N) is 2. The molecule has 0 saturated heterocycles. The number of Topliss-reactive ketones (excluding diaryl/α,β-unsaturated/α-hetero) is 1. The Morgan fingerprint density at radius 1 is 1.25 bits per heavy atom. The molecule has 3 rings (SSSR count). The molecule has 1 aliphatic rings. The van der Waals surface area contributed by atoms with Crippen molar-refractivity contribution in [3.8, 4) is 0 Å². The second-order valence-electron chi connectivity index (χ2n) is 5.73. The molecule has 3 heteroatoms. The Bertz CT molecular complexity index is 588. The predicted octanol–water partition coefficient (Wildman–Crippen LogP) is 3.12. The van der Waals surface area contributed by atoms with Gasteiger partial charge in [0.25, 0.3) is 0 Å². The zero-order chi connectivity index (χ0) is 13.9. The van der Waals surface area contributed by atoms with Crippen LogP contribution in [0.3, 0.4) is 0 Å². The van der Waals surface area contributed by atoms with Crippen LogP contribution in [0, 0.1) is 5.92 Å². The molecule has 0 amide bonds. The van der Waals surface area contributed by atoms with E-state index in [1.807, 2.05) is 25.4 Å². The highest BCUT2D eigenvalue weighted by atomic mass is 16.1. The summed E-state index contributed by atoms with van der Waals surface area (Å²) in [5.41, 5.74) is 2.39. The molecule has 2 unspecified atom stereocenters. The van der Waals surface area contributed by atoms with Gasteiger partial charge in [0.15, 0.2) is 0 Å². The Hall–Kier alpha value is -1.90. The lowest BCUT2D eigenvalue weighted by atomic mass is 9.75. The molecule has 1 aromatic carbocycles. The highest BCUT2D eigenvalue weighted by Gasteiger charge is 2.29. The van der Waals surface area contributed by atoms with Crippen molar-refractivity contribution in [3.63, 3.8) is 0 Å². The van der Waals surface area contributed by atoms with Crippen molar-refractivity contribution in [1.29, 1.82) is 0 Å². The average Bonchev–Trinajstić information content (AvgIpc) is 2.88. The third-order valence-corrected chi connectivity index (χ3v) is 4.26. The summed E-state index contributed by atoms with van der Waals surface area (Å²) in [4.78, 5) is 12.1. The highest BCUT2D eigenvalue weighted by molar-refractivity contribution is 5.82. The van der Waals surface area contributed by atoms with Gasteiger partial charge in [0.2, 0.25) is 0 Å². The van der Waals surface area contributed by atoms with E-state index in [1.54, 1.807) is 4.68 Å². The lowest BCUT2D eigenvalue weighted by molar-refractivity contribution is -0.124. The van der Waals surface area contributed by atoms with Gasteiger partial charge in [-0.1, -0.05) is 30.3 Å². The second-order valence-corrected chi connectivity index (χ2v) is 5.73. The van der Waals surface area contributed by atoms with E-state index in [0.717, 1.165) is 25.0 Å². The van der Waals surface area contributed by atoms with Gasteiger partial charge in [-0.2, -0.15) is 5.10 Å². The van der Waals surface area contributed by atoms with Crippen LogP contribution in [0.2, 0.25) is 0 Å². The molecule has 1 saturated carbocycles. The minimum absolute atomic E-state index is 0.129. The third kappa shape index (κ3) is 2.82. The maximum absolute atomic E-state index is 12.1. The summed E-state index contributed by atoms with van der Waals surface area (Å²) in [6.07, 6.45) is 5.37. The molecule has 1 fully saturated rings. The maximum Gasteiger partial charge on any atom is 0.136 e. The fourth-order valence-corrected chi connectivity index (χ4v) is 3.16. The minimum Gasteiger partial charge on any atom is -0.299 e. The Morgan fingerprint density at radius 3 is 2.75 bits per heavy atom. The number of aryl methyl sites for hydroxylation is 1. The van der Waals surface area contributed by atoms with Crippen molar-refractivity contribution < 1.29 is 4.79 Å². The number of ketones is 1. The van der Waals surface area contributed by atoms with Crippen LogP contribution in [0.15, 0.2) is 42.6 Å². The molecule has 0 spiro atoms. The molecule has 1 heterocycles. The number of hydrogen-bond acceptors (Lipinski definition) is 2. The largest absolute Gasteiger partial charge is 0.299 e. The second kappa shape index (κ2) is 5.61.